The number of hydrogen-bond donors (Lipinski definition) is 2. The standard InChI is InChI=1S/C5H12N2O2/c1-4(7)3-9-5(8)2-6/h4H,2-3,6-7H2,1H3/t4-/m1/s1. The summed E-state index contributed by atoms with van der Waals surface area (Å²) in [7, 11) is 0. The van der Waals surface area contributed by atoms with Gasteiger partial charge in [-0.15, -0.1) is 0 Å². The van der Waals surface area contributed by atoms with Gasteiger partial charge in [-0.2, -0.15) is 0 Å². The molecule has 0 heterocycles. The van der Waals surface area contributed by atoms with Crippen molar-refractivity contribution in [3.63, 3.8) is 0 Å². The van der Waals surface area contributed by atoms with E-state index >= 15 is 0 Å². The molecule has 0 amide bonds. The van der Waals surface area contributed by atoms with Gasteiger partial charge in [-0.05, 0) is 6.92 Å². The molecule has 0 saturated carbocycles. The number of rotatable bonds is 3. The smallest absolute Gasteiger partial charge is 0.319 e. The molecule has 54 valence electrons. The molecule has 4 N–H and O–H groups in total. The second-order valence-corrected chi connectivity index (χ2v) is 1.86. The molecule has 4 heteroatoms. The predicted molar refractivity (Wildman–Crippen MR) is 33.7 cm³/mol. The summed E-state index contributed by atoms with van der Waals surface area (Å²) < 4.78 is 4.56. The Balaban J connectivity index is 3.17. The van der Waals surface area contributed by atoms with Crippen LogP contribution in [-0.4, -0.2) is 25.2 Å². The van der Waals surface area contributed by atoms with E-state index in [1.807, 2.05) is 0 Å². The van der Waals surface area contributed by atoms with E-state index in [2.05, 4.69) is 4.74 Å². The highest BCUT2D eigenvalue weighted by Gasteiger charge is 1.99. The molecule has 0 radical (unpaired) electrons. The van der Waals surface area contributed by atoms with Crippen LogP contribution in [0.3, 0.4) is 0 Å². The predicted octanol–water partition coefficient (Wildman–Crippen LogP) is -1.16. The molecule has 0 bridgehead atoms. The van der Waals surface area contributed by atoms with E-state index < -0.39 is 5.97 Å². The van der Waals surface area contributed by atoms with Gasteiger partial charge in [0.1, 0.15) is 6.61 Å². The van der Waals surface area contributed by atoms with E-state index in [0.29, 0.717) is 0 Å². The normalized spacial score (nSPS) is 12.8. The molecule has 0 fully saturated rings. The Morgan fingerprint density at radius 1 is 1.78 bits per heavy atom. The van der Waals surface area contributed by atoms with Gasteiger partial charge >= 0.3 is 5.97 Å². The first-order chi connectivity index (χ1) is 4.16. The van der Waals surface area contributed by atoms with Crippen molar-refractivity contribution in [3.8, 4) is 0 Å². The fraction of sp³-hybridized carbons (Fsp3) is 0.800. The third-order valence-corrected chi connectivity index (χ3v) is 0.674. The van der Waals surface area contributed by atoms with Crippen molar-refractivity contribution in [2.75, 3.05) is 13.2 Å². The largest absolute Gasteiger partial charge is 0.463 e. The molecule has 0 spiro atoms. The number of ether oxygens (including phenoxy) is 1. The highest BCUT2D eigenvalue weighted by Crippen LogP contribution is 1.78. The Labute approximate surface area is 54.2 Å². The van der Waals surface area contributed by atoms with E-state index in [1.54, 1.807) is 6.92 Å². The number of carbonyl (C=O) groups is 1. The minimum atomic E-state index is -0.410. The lowest BCUT2D eigenvalue weighted by molar-refractivity contribution is -0.142. The molecule has 0 aromatic carbocycles. The average Bonchev–Trinajstić information content (AvgIpc) is 1.83. The molecule has 0 rings (SSSR count). The van der Waals surface area contributed by atoms with Gasteiger partial charge in [0.2, 0.25) is 0 Å². The third-order valence-electron chi connectivity index (χ3n) is 0.674. The van der Waals surface area contributed by atoms with Crippen LogP contribution in [0.1, 0.15) is 6.92 Å². The first-order valence-corrected chi connectivity index (χ1v) is 2.78. The quantitative estimate of drug-likeness (QED) is 0.474. The first-order valence-electron chi connectivity index (χ1n) is 2.78. The summed E-state index contributed by atoms with van der Waals surface area (Å²) in [6.07, 6.45) is 0. The van der Waals surface area contributed by atoms with Crippen molar-refractivity contribution in [2.24, 2.45) is 11.5 Å². The molecule has 4 nitrogen and oxygen atoms in total. The SMILES string of the molecule is C[C@@H](N)COC(=O)CN. The molecule has 9 heavy (non-hydrogen) atoms. The average molecular weight is 132 g/mol. The summed E-state index contributed by atoms with van der Waals surface area (Å²) in [5.74, 6) is -0.410. The maximum absolute atomic E-state index is 10.3. The number of carbonyl (C=O) groups excluding carboxylic acids is 1. The van der Waals surface area contributed by atoms with Crippen molar-refractivity contribution in [2.45, 2.75) is 13.0 Å². The second kappa shape index (κ2) is 4.29. The zero-order chi connectivity index (χ0) is 7.28. The summed E-state index contributed by atoms with van der Waals surface area (Å²) >= 11 is 0. The fourth-order valence-electron chi connectivity index (χ4n) is 0.283. The second-order valence-electron chi connectivity index (χ2n) is 1.86. The van der Waals surface area contributed by atoms with Crippen molar-refractivity contribution in [1.82, 2.24) is 0 Å². The third kappa shape index (κ3) is 5.26. The Bertz CT molecular complexity index is 93.0. The molecule has 0 aliphatic heterocycles. The Hall–Kier alpha value is -0.610. The summed E-state index contributed by atoms with van der Waals surface area (Å²) in [5.41, 5.74) is 10.2. The summed E-state index contributed by atoms with van der Waals surface area (Å²) in [6.45, 7) is 1.92. The maximum Gasteiger partial charge on any atom is 0.319 e. The first kappa shape index (κ1) is 8.39. The Morgan fingerprint density at radius 2 is 2.33 bits per heavy atom. The zero-order valence-electron chi connectivity index (χ0n) is 5.46. The van der Waals surface area contributed by atoms with Crippen LogP contribution in [0.15, 0.2) is 0 Å². The summed E-state index contributed by atoms with van der Waals surface area (Å²) in [5, 5.41) is 0. The van der Waals surface area contributed by atoms with Gasteiger partial charge in [0.05, 0.1) is 6.54 Å². The van der Waals surface area contributed by atoms with Crippen molar-refractivity contribution >= 4 is 5.97 Å². The van der Waals surface area contributed by atoms with E-state index in [-0.39, 0.29) is 19.2 Å². The maximum atomic E-state index is 10.3. The van der Waals surface area contributed by atoms with Gasteiger partial charge in [-0.25, -0.2) is 0 Å². The van der Waals surface area contributed by atoms with Crippen molar-refractivity contribution in [3.05, 3.63) is 0 Å². The molecule has 1 atom stereocenters. The van der Waals surface area contributed by atoms with Crippen LogP contribution in [-0.2, 0) is 9.53 Å². The molecule has 0 aromatic rings. The van der Waals surface area contributed by atoms with Gasteiger partial charge in [0, 0.05) is 6.04 Å². The minimum Gasteiger partial charge on any atom is -0.463 e. The van der Waals surface area contributed by atoms with Gasteiger partial charge < -0.3 is 16.2 Å². The number of nitrogens with two attached hydrogens (primary N) is 2. The van der Waals surface area contributed by atoms with Gasteiger partial charge in [0.25, 0.3) is 0 Å². The lowest BCUT2D eigenvalue weighted by Gasteiger charge is -2.04. The minimum absolute atomic E-state index is 0.0767. The molecule has 0 aromatic heterocycles. The summed E-state index contributed by atoms with van der Waals surface area (Å²) in [6, 6.07) is -0.111. The molecular weight excluding hydrogens is 120 g/mol. The van der Waals surface area contributed by atoms with Gasteiger partial charge in [-0.3, -0.25) is 4.79 Å². The topological polar surface area (TPSA) is 78.3 Å². The number of hydrogen-bond acceptors (Lipinski definition) is 4. The lowest BCUT2D eigenvalue weighted by Crippen LogP contribution is -2.26. The van der Waals surface area contributed by atoms with Crippen LogP contribution in [0.2, 0.25) is 0 Å². The van der Waals surface area contributed by atoms with Crippen LogP contribution < -0.4 is 11.5 Å². The number of esters is 1. The highest BCUT2D eigenvalue weighted by atomic mass is 16.5. The van der Waals surface area contributed by atoms with Crippen LogP contribution in [0.25, 0.3) is 0 Å². The highest BCUT2D eigenvalue weighted by molar-refractivity contribution is 5.71. The Morgan fingerprint density at radius 3 is 2.67 bits per heavy atom. The van der Waals surface area contributed by atoms with Crippen LogP contribution >= 0.6 is 0 Å². The zero-order valence-corrected chi connectivity index (χ0v) is 5.46. The van der Waals surface area contributed by atoms with Crippen LogP contribution in [0.5, 0.6) is 0 Å². The van der Waals surface area contributed by atoms with Crippen molar-refractivity contribution in [1.29, 1.82) is 0 Å². The van der Waals surface area contributed by atoms with E-state index in [0.717, 1.165) is 0 Å². The van der Waals surface area contributed by atoms with E-state index in [9.17, 15) is 4.79 Å². The molecule has 0 saturated heterocycles. The van der Waals surface area contributed by atoms with Crippen LogP contribution in [0.4, 0.5) is 0 Å². The van der Waals surface area contributed by atoms with E-state index in [4.69, 9.17) is 11.5 Å². The van der Waals surface area contributed by atoms with E-state index in [1.165, 1.54) is 0 Å². The Kier molecular flexibility index (Phi) is 4.00. The molecular formula is C5H12N2O2. The molecule has 0 aliphatic carbocycles. The molecule has 0 unspecified atom stereocenters. The molecule has 0 aliphatic rings. The van der Waals surface area contributed by atoms with Crippen molar-refractivity contribution < 1.29 is 9.53 Å². The fourth-order valence-corrected chi connectivity index (χ4v) is 0.283. The monoisotopic (exact) mass is 132 g/mol. The lowest BCUT2D eigenvalue weighted by atomic mass is 10.4. The van der Waals surface area contributed by atoms with Gasteiger partial charge in [-0.1, -0.05) is 0 Å². The van der Waals surface area contributed by atoms with Crippen LogP contribution in [0, 0.1) is 0 Å². The summed E-state index contributed by atoms with van der Waals surface area (Å²) in [4.78, 5) is 10.3. The van der Waals surface area contributed by atoms with Gasteiger partial charge in [0.15, 0.2) is 0 Å².